The maximum absolute atomic E-state index is 5.89. The van der Waals surface area contributed by atoms with E-state index in [0.29, 0.717) is 0 Å². The normalized spacial score (nSPS) is 10.8. The lowest BCUT2D eigenvalue weighted by Crippen LogP contribution is -2.12. The number of halogens is 3. The highest BCUT2D eigenvalue weighted by molar-refractivity contribution is 9.10. The van der Waals surface area contributed by atoms with Crippen LogP contribution in [0.4, 0.5) is 0 Å². The summed E-state index contributed by atoms with van der Waals surface area (Å²) in [5.41, 5.74) is 1.19. The fourth-order valence-electron chi connectivity index (χ4n) is 1.43. The van der Waals surface area contributed by atoms with Crippen molar-refractivity contribution in [2.75, 3.05) is 0 Å². The van der Waals surface area contributed by atoms with Crippen molar-refractivity contribution in [2.24, 2.45) is 0 Å². The number of hydrogen-bond acceptors (Lipinski definition) is 2. The van der Waals surface area contributed by atoms with Gasteiger partial charge in [-0.3, -0.25) is 0 Å². The summed E-state index contributed by atoms with van der Waals surface area (Å²) < 4.78 is 1.86. The van der Waals surface area contributed by atoms with Crippen molar-refractivity contribution < 1.29 is 0 Å². The molecule has 0 amide bonds. The predicted molar refractivity (Wildman–Crippen MR) is 79.0 cm³/mol. The predicted octanol–water partition coefficient (Wildman–Crippen LogP) is 5.11. The molecule has 0 radical (unpaired) electrons. The molecule has 90 valence electrons. The Morgan fingerprint density at radius 1 is 1.12 bits per heavy atom. The van der Waals surface area contributed by atoms with Gasteiger partial charge < -0.3 is 5.32 Å². The molecule has 0 atom stereocenters. The number of hydrogen-bond donors (Lipinski definition) is 1. The summed E-state index contributed by atoms with van der Waals surface area (Å²) in [5.74, 6) is 0. The van der Waals surface area contributed by atoms with E-state index >= 15 is 0 Å². The molecule has 2 rings (SSSR count). The smallest absolute Gasteiger partial charge is 0.0931 e. The molecule has 0 aliphatic rings. The van der Waals surface area contributed by atoms with E-state index in [4.69, 9.17) is 23.2 Å². The van der Waals surface area contributed by atoms with Crippen LogP contribution in [-0.2, 0) is 13.1 Å². The molecule has 1 nitrogen and oxygen atoms in total. The van der Waals surface area contributed by atoms with Crippen molar-refractivity contribution >= 4 is 50.5 Å². The van der Waals surface area contributed by atoms with Crippen LogP contribution in [-0.4, -0.2) is 0 Å². The lowest BCUT2D eigenvalue weighted by Gasteiger charge is -2.06. The SMILES string of the molecule is Clc1ccc(CNCc2ccc(Cl)s2)c(Br)c1. The molecule has 0 aliphatic carbocycles. The topological polar surface area (TPSA) is 12.0 Å². The van der Waals surface area contributed by atoms with Gasteiger partial charge >= 0.3 is 0 Å². The van der Waals surface area contributed by atoms with Gasteiger partial charge in [0.15, 0.2) is 0 Å². The van der Waals surface area contributed by atoms with E-state index in [1.807, 2.05) is 30.3 Å². The Bertz CT molecular complexity index is 513. The number of thiophene rings is 1. The van der Waals surface area contributed by atoms with Crippen molar-refractivity contribution in [1.82, 2.24) is 5.32 Å². The van der Waals surface area contributed by atoms with Gasteiger partial charge in [0, 0.05) is 27.5 Å². The summed E-state index contributed by atoms with van der Waals surface area (Å²) in [6, 6.07) is 9.77. The van der Waals surface area contributed by atoms with E-state index in [0.717, 1.165) is 26.9 Å². The Morgan fingerprint density at radius 2 is 1.94 bits per heavy atom. The zero-order valence-electron chi connectivity index (χ0n) is 8.84. The molecule has 1 aromatic carbocycles. The molecule has 0 saturated carbocycles. The largest absolute Gasteiger partial charge is 0.308 e. The van der Waals surface area contributed by atoms with Crippen LogP contribution in [0.3, 0.4) is 0 Å². The average Bonchev–Trinajstić information content (AvgIpc) is 2.68. The minimum absolute atomic E-state index is 0.741. The highest BCUT2D eigenvalue weighted by Crippen LogP contribution is 2.23. The Labute approximate surface area is 123 Å². The molecule has 0 bridgehead atoms. The molecular weight excluding hydrogens is 341 g/mol. The van der Waals surface area contributed by atoms with Crippen molar-refractivity contribution in [3.8, 4) is 0 Å². The summed E-state index contributed by atoms with van der Waals surface area (Å²) in [6.45, 7) is 1.62. The molecule has 0 fully saturated rings. The molecule has 17 heavy (non-hydrogen) atoms. The van der Waals surface area contributed by atoms with Crippen LogP contribution in [0.5, 0.6) is 0 Å². The molecule has 0 spiro atoms. The highest BCUT2D eigenvalue weighted by atomic mass is 79.9. The van der Waals surface area contributed by atoms with Gasteiger partial charge in [-0.05, 0) is 29.8 Å². The standard InChI is InChI=1S/C12H10BrCl2NS/c13-11-5-9(14)2-1-8(11)6-16-7-10-3-4-12(15)17-10/h1-5,16H,6-7H2. The summed E-state index contributed by atoms with van der Waals surface area (Å²) >= 11 is 16.8. The zero-order valence-corrected chi connectivity index (χ0v) is 12.8. The Hall–Kier alpha value is -0.0600. The lowest BCUT2D eigenvalue weighted by molar-refractivity contribution is 0.699. The summed E-state index contributed by atoms with van der Waals surface area (Å²) in [6.07, 6.45) is 0. The van der Waals surface area contributed by atoms with E-state index in [1.54, 1.807) is 11.3 Å². The van der Waals surface area contributed by atoms with Gasteiger partial charge in [0.1, 0.15) is 0 Å². The quantitative estimate of drug-likeness (QED) is 0.808. The third-order valence-corrected chi connectivity index (χ3v) is 4.46. The summed E-state index contributed by atoms with van der Waals surface area (Å²) in [7, 11) is 0. The number of benzene rings is 1. The fraction of sp³-hybridized carbons (Fsp3) is 0.167. The van der Waals surface area contributed by atoms with Crippen molar-refractivity contribution in [3.05, 3.63) is 54.6 Å². The molecule has 0 unspecified atom stereocenters. The minimum atomic E-state index is 0.741. The molecule has 0 aliphatic heterocycles. The molecule has 1 heterocycles. The lowest BCUT2D eigenvalue weighted by atomic mass is 10.2. The van der Waals surface area contributed by atoms with E-state index in [1.165, 1.54) is 10.4 Å². The molecule has 0 saturated heterocycles. The minimum Gasteiger partial charge on any atom is -0.308 e. The van der Waals surface area contributed by atoms with Crippen LogP contribution in [0.2, 0.25) is 9.36 Å². The first-order chi connectivity index (χ1) is 8.15. The molecular formula is C12H10BrCl2NS. The van der Waals surface area contributed by atoms with Gasteiger partial charge in [0.25, 0.3) is 0 Å². The van der Waals surface area contributed by atoms with Crippen molar-refractivity contribution in [1.29, 1.82) is 0 Å². The maximum Gasteiger partial charge on any atom is 0.0931 e. The summed E-state index contributed by atoms with van der Waals surface area (Å²) in [5, 5.41) is 4.11. The average molecular weight is 351 g/mol. The van der Waals surface area contributed by atoms with Gasteiger partial charge in [0.05, 0.1) is 4.34 Å². The number of nitrogens with one attached hydrogen (secondary N) is 1. The van der Waals surface area contributed by atoms with Gasteiger partial charge in [-0.25, -0.2) is 0 Å². The third kappa shape index (κ3) is 3.97. The maximum atomic E-state index is 5.89. The van der Waals surface area contributed by atoms with Gasteiger partial charge in [-0.15, -0.1) is 11.3 Å². The van der Waals surface area contributed by atoms with Crippen molar-refractivity contribution in [2.45, 2.75) is 13.1 Å². The third-order valence-electron chi connectivity index (χ3n) is 2.26. The van der Waals surface area contributed by atoms with Crippen LogP contribution in [0.25, 0.3) is 0 Å². The van der Waals surface area contributed by atoms with Crippen LogP contribution in [0.15, 0.2) is 34.8 Å². The second-order valence-electron chi connectivity index (χ2n) is 3.55. The Balaban J connectivity index is 1.90. The van der Waals surface area contributed by atoms with E-state index < -0.39 is 0 Å². The van der Waals surface area contributed by atoms with E-state index in [2.05, 4.69) is 21.2 Å². The van der Waals surface area contributed by atoms with Crippen molar-refractivity contribution in [3.63, 3.8) is 0 Å². The van der Waals surface area contributed by atoms with Gasteiger partial charge in [-0.2, -0.15) is 0 Å². The summed E-state index contributed by atoms with van der Waals surface area (Å²) in [4.78, 5) is 1.24. The monoisotopic (exact) mass is 349 g/mol. The number of rotatable bonds is 4. The van der Waals surface area contributed by atoms with Crippen LogP contribution in [0.1, 0.15) is 10.4 Å². The van der Waals surface area contributed by atoms with E-state index in [9.17, 15) is 0 Å². The van der Waals surface area contributed by atoms with E-state index in [-0.39, 0.29) is 0 Å². The second kappa shape index (κ2) is 6.21. The Kier molecular flexibility index (Phi) is 4.88. The zero-order chi connectivity index (χ0) is 12.3. The second-order valence-corrected chi connectivity index (χ2v) is 6.64. The molecule has 1 aromatic heterocycles. The first kappa shape index (κ1) is 13.4. The Morgan fingerprint density at radius 3 is 2.59 bits per heavy atom. The molecule has 2 aromatic rings. The van der Waals surface area contributed by atoms with Gasteiger partial charge in [0.2, 0.25) is 0 Å². The van der Waals surface area contributed by atoms with Crippen LogP contribution >= 0.6 is 50.5 Å². The first-order valence-electron chi connectivity index (χ1n) is 5.04. The van der Waals surface area contributed by atoms with Crippen LogP contribution < -0.4 is 5.32 Å². The van der Waals surface area contributed by atoms with Crippen LogP contribution in [0, 0.1) is 0 Å². The molecule has 1 N–H and O–H groups in total. The highest BCUT2D eigenvalue weighted by Gasteiger charge is 2.01. The first-order valence-corrected chi connectivity index (χ1v) is 7.40. The van der Waals surface area contributed by atoms with Gasteiger partial charge in [-0.1, -0.05) is 45.2 Å². The molecule has 5 heteroatoms. The fourth-order valence-corrected chi connectivity index (χ4v) is 3.31.